The summed E-state index contributed by atoms with van der Waals surface area (Å²) in [6.07, 6.45) is 0.450. The van der Waals surface area contributed by atoms with E-state index in [1.807, 2.05) is 55.5 Å². The Morgan fingerprint density at radius 3 is 2.36 bits per heavy atom. The Labute approximate surface area is 201 Å². The first-order valence-electron chi connectivity index (χ1n) is 10.3. The molecule has 1 heterocycles. The van der Waals surface area contributed by atoms with E-state index >= 15 is 0 Å². The SMILES string of the molecule is Cc1ccc(NC(=O)/C(C#N)=C2\S[C@@H](Cc3ccc(Cl)cc3)C(=O)N2c2ccccc2)cc1. The molecule has 0 radical (unpaired) electrons. The lowest BCUT2D eigenvalue weighted by molar-refractivity contribution is -0.117. The van der Waals surface area contributed by atoms with E-state index in [0.717, 1.165) is 11.1 Å². The maximum absolute atomic E-state index is 13.4. The summed E-state index contributed by atoms with van der Waals surface area (Å²) in [6, 6.07) is 25.7. The second kappa shape index (κ2) is 9.95. The molecule has 1 saturated heterocycles. The van der Waals surface area contributed by atoms with Gasteiger partial charge in [-0.1, -0.05) is 71.4 Å². The average Bonchev–Trinajstić information content (AvgIpc) is 3.13. The number of halogens is 1. The van der Waals surface area contributed by atoms with E-state index in [1.165, 1.54) is 16.7 Å². The number of nitrogens with one attached hydrogen (secondary N) is 1. The molecule has 1 aliphatic rings. The Morgan fingerprint density at radius 1 is 1.06 bits per heavy atom. The third kappa shape index (κ3) is 5.11. The first-order chi connectivity index (χ1) is 16.0. The average molecular weight is 474 g/mol. The van der Waals surface area contributed by atoms with Gasteiger partial charge in [-0.2, -0.15) is 5.26 Å². The van der Waals surface area contributed by atoms with E-state index in [0.29, 0.717) is 27.8 Å². The number of nitriles is 1. The summed E-state index contributed by atoms with van der Waals surface area (Å²) in [5, 5.41) is 13.1. The summed E-state index contributed by atoms with van der Waals surface area (Å²) in [5.41, 5.74) is 3.10. The second-order valence-corrected chi connectivity index (χ2v) is 9.19. The Hall–Kier alpha value is -3.53. The van der Waals surface area contributed by atoms with Gasteiger partial charge in [0.2, 0.25) is 5.91 Å². The number of amides is 2. The lowest BCUT2D eigenvalue weighted by atomic mass is 10.1. The highest BCUT2D eigenvalue weighted by Crippen LogP contribution is 2.42. The topological polar surface area (TPSA) is 73.2 Å². The molecule has 0 aromatic heterocycles. The highest BCUT2D eigenvalue weighted by atomic mass is 35.5. The number of carbonyl (C=O) groups is 2. The number of para-hydroxylation sites is 1. The number of anilines is 2. The van der Waals surface area contributed by atoms with Crippen molar-refractivity contribution in [1.29, 1.82) is 5.26 Å². The molecule has 0 unspecified atom stereocenters. The fraction of sp³-hybridized carbons (Fsp3) is 0.115. The number of hydrogen-bond acceptors (Lipinski definition) is 4. The van der Waals surface area contributed by atoms with Gasteiger partial charge < -0.3 is 5.32 Å². The Kier molecular flexibility index (Phi) is 6.83. The van der Waals surface area contributed by atoms with Gasteiger partial charge in [-0.05, 0) is 55.3 Å². The van der Waals surface area contributed by atoms with E-state index in [-0.39, 0.29) is 11.5 Å². The maximum Gasteiger partial charge on any atom is 0.269 e. The molecule has 0 spiro atoms. The molecular weight excluding hydrogens is 454 g/mol. The number of carbonyl (C=O) groups excluding carboxylic acids is 2. The van der Waals surface area contributed by atoms with Crippen molar-refractivity contribution in [2.75, 3.05) is 10.2 Å². The van der Waals surface area contributed by atoms with Crippen LogP contribution in [-0.2, 0) is 16.0 Å². The normalized spacial score (nSPS) is 16.9. The minimum atomic E-state index is -0.551. The molecule has 4 rings (SSSR count). The first-order valence-corrected chi connectivity index (χ1v) is 11.5. The quantitative estimate of drug-likeness (QED) is 0.380. The molecule has 164 valence electrons. The summed E-state index contributed by atoms with van der Waals surface area (Å²) in [5.74, 6) is -0.725. The van der Waals surface area contributed by atoms with Crippen molar-refractivity contribution in [2.24, 2.45) is 0 Å². The number of rotatable bonds is 5. The van der Waals surface area contributed by atoms with Crippen LogP contribution in [0.2, 0.25) is 5.02 Å². The third-order valence-corrected chi connectivity index (χ3v) is 6.68. The molecule has 33 heavy (non-hydrogen) atoms. The van der Waals surface area contributed by atoms with E-state index in [1.54, 1.807) is 36.4 Å². The summed E-state index contributed by atoms with van der Waals surface area (Å²) in [7, 11) is 0. The third-order valence-electron chi connectivity index (χ3n) is 5.16. The highest BCUT2D eigenvalue weighted by Gasteiger charge is 2.40. The Morgan fingerprint density at radius 2 is 1.73 bits per heavy atom. The van der Waals surface area contributed by atoms with Crippen molar-refractivity contribution in [1.82, 2.24) is 0 Å². The van der Waals surface area contributed by atoms with Crippen molar-refractivity contribution in [3.05, 3.63) is 106 Å². The van der Waals surface area contributed by atoms with Gasteiger partial charge in [0, 0.05) is 16.4 Å². The molecule has 7 heteroatoms. The van der Waals surface area contributed by atoms with Crippen LogP contribution in [0.1, 0.15) is 11.1 Å². The van der Waals surface area contributed by atoms with Crippen LogP contribution in [0.4, 0.5) is 11.4 Å². The van der Waals surface area contributed by atoms with Crippen LogP contribution in [0.5, 0.6) is 0 Å². The van der Waals surface area contributed by atoms with Gasteiger partial charge in [0.25, 0.3) is 5.91 Å². The summed E-state index contributed by atoms with van der Waals surface area (Å²) in [4.78, 5) is 27.9. The second-order valence-electron chi connectivity index (χ2n) is 7.56. The van der Waals surface area contributed by atoms with E-state index in [2.05, 4.69) is 5.32 Å². The van der Waals surface area contributed by atoms with Crippen molar-refractivity contribution < 1.29 is 9.59 Å². The minimum Gasteiger partial charge on any atom is -0.321 e. The molecule has 0 saturated carbocycles. The van der Waals surface area contributed by atoms with Gasteiger partial charge in [0.1, 0.15) is 16.7 Å². The monoisotopic (exact) mass is 473 g/mol. The van der Waals surface area contributed by atoms with Crippen LogP contribution in [0.25, 0.3) is 0 Å². The summed E-state index contributed by atoms with van der Waals surface area (Å²) >= 11 is 7.22. The molecule has 3 aromatic carbocycles. The molecule has 3 aromatic rings. The first kappa shape index (κ1) is 22.7. The van der Waals surface area contributed by atoms with Crippen LogP contribution in [0.15, 0.2) is 89.5 Å². The molecule has 1 atom stereocenters. The molecule has 1 aliphatic heterocycles. The van der Waals surface area contributed by atoms with Crippen LogP contribution in [0.3, 0.4) is 0 Å². The largest absolute Gasteiger partial charge is 0.321 e. The fourth-order valence-corrected chi connectivity index (χ4v) is 4.90. The maximum atomic E-state index is 13.4. The number of aryl methyl sites for hydroxylation is 1. The minimum absolute atomic E-state index is 0.101. The fourth-order valence-electron chi connectivity index (χ4n) is 3.46. The lowest BCUT2D eigenvalue weighted by Gasteiger charge is -2.18. The molecule has 0 bridgehead atoms. The zero-order valence-corrected chi connectivity index (χ0v) is 19.4. The lowest BCUT2D eigenvalue weighted by Crippen LogP contribution is -2.30. The number of nitrogens with zero attached hydrogens (tertiary/aromatic N) is 2. The zero-order valence-electron chi connectivity index (χ0n) is 17.8. The van der Waals surface area contributed by atoms with Gasteiger partial charge in [0.05, 0.1) is 5.25 Å². The molecule has 0 aliphatic carbocycles. The Balaban J connectivity index is 1.70. The molecule has 5 nitrogen and oxygen atoms in total. The number of benzene rings is 3. The van der Waals surface area contributed by atoms with Crippen molar-refractivity contribution >= 4 is 46.6 Å². The van der Waals surface area contributed by atoms with Crippen LogP contribution in [-0.4, -0.2) is 17.1 Å². The predicted octanol–water partition coefficient (Wildman–Crippen LogP) is 5.71. The smallest absolute Gasteiger partial charge is 0.269 e. The van der Waals surface area contributed by atoms with Crippen LogP contribution >= 0.6 is 23.4 Å². The van der Waals surface area contributed by atoms with E-state index < -0.39 is 11.2 Å². The summed E-state index contributed by atoms with van der Waals surface area (Å²) in [6.45, 7) is 1.95. The van der Waals surface area contributed by atoms with Gasteiger partial charge >= 0.3 is 0 Å². The van der Waals surface area contributed by atoms with Gasteiger partial charge in [-0.25, -0.2) is 0 Å². The molecule has 1 N–H and O–H groups in total. The Bertz CT molecular complexity index is 1250. The van der Waals surface area contributed by atoms with Crippen molar-refractivity contribution in [3.8, 4) is 6.07 Å². The molecular formula is C26H20ClN3O2S. The number of thioether (sulfide) groups is 1. The van der Waals surface area contributed by atoms with Crippen LogP contribution < -0.4 is 10.2 Å². The molecule has 1 fully saturated rings. The zero-order chi connectivity index (χ0) is 23.4. The van der Waals surface area contributed by atoms with Crippen molar-refractivity contribution in [3.63, 3.8) is 0 Å². The predicted molar refractivity (Wildman–Crippen MR) is 133 cm³/mol. The van der Waals surface area contributed by atoms with E-state index in [9.17, 15) is 14.9 Å². The molecule has 2 amide bonds. The summed E-state index contributed by atoms with van der Waals surface area (Å²) < 4.78 is 0. The highest BCUT2D eigenvalue weighted by molar-refractivity contribution is 8.05. The van der Waals surface area contributed by atoms with Crippen molar-refractivity contribution in [2.45, 2.75) is 18.6 Å². The standard InChI is InChI=1S/C26H20ClN3O2S/c1-17-7-13-20(14-8-17)29-24(31)22(16-28)26-30(21-5-3-2-4-6-21)25(32)23(33-26)15-18-9-11-19(27)12-10-18/h2-14,23H,15H2,1H3,(H,29,31)/b26-22-/t23-/m0/s1. The number of hydrogen-bond donors (Lipinski definition) is 1. The van der Waals surface area contributed by atoms with Gasteiger partial charge in [-0.3, -0.25) is 14.5 Å². The van der Waals surface area contributed by atoms with E-state index in [4.69, 9.17) is 11.6 Å². The van der Waals surface area contributed by atoms with Gasteiger partial charge in [0.15, 0.2) is 0 Å². The van der Waals surface area contributed by atoms with Crippen LogP contribution in [0, 0.1) is 18.3 Å². The van der Waals surface area contributed by atoms with Gasteiger partial charge in [-0.15, -0.1) is 0 Å².